The molecule has 2 aliphatic rings. The molecule has 1 amide bonds. The van der Waals surface area contributed by atoms with Crippen molar-refractivity contribution in [2.75, 3.05) is 37.8 Å². The minimum Gasteiger partial charge on any atom is -0.490 e. The highest BCUT2D eigenvalue weighted by atomic mass is 35.5. The second-order valence-electron chi connectivity index (χ2n) is 10.5. The fourth-order valence-corrected chi connectivity index (χ4v) is 9.61. The van der Waals surface area contributed by atoms with Crippen LogP contribution in [0.3, 0.4) is 0 Å². The Morgan fingerprint density at radius 3 is 2.33 bits per heavy atom. The van der Waals surface area contributed by atoms with Gasteiger partial charge in [-0.05, 0) is 55.7 Å². The van der Waals surface area contributed by atoms with Crippen LogP contribution in [-0.4, -0.2) is 77.7 Å². The van der Waals surface area contributed by atoms with E-state index in [1.54, 1.807) is 0 Å². The molecular formula is C27H29ClF5NO7S2. The Balaban J connectivity index is 1.61. The first-order valence-corrected chi connectivity index (χ1v) is 16.9. The van der Waals surface area contributed by atoms with Crippen molar-refractivity contribution in [2.24, 2.45) is 5.92 Å². The molecule has 0 unspecified atom stereocenters. The summed E-state index contributed by atoms with van der Waals surface area (Å²) in [4.78, 5) is 11.8. The van der Waals surface area contributed by atoms with E-state index in [4.69, 9.17) is 21.1 Å². The fraction of sp³-hybridized carbons (Fsp3) is 0.519. The molecule has 2 aromatic carbocycles. The van der Waals surface area contributed by atoms with Crippen LogP contribution in [0.2, 0.25) is 5.02 Å². The summed E-state index contributed by atoms with van der Waals surface area (Å²) in [5.41, 5.74) is -0.496. The van der Waals surface area contributed by atoms with Gasteiger partial charge in [-0.1, -0.05) is 11.6 Å². The zero-order valence-electron chi connectivity index (χ0n) is 22.9. The molecule has 238 valence electrons. The van der Waals surface area contributed by atoms with Crippen molar-refractivity contribution in [3.8, 4) is 5.75 Å². The van der Waals surface area contributed by atoms with Crippen LogP contribution in [0.15, 0.2) is 41.3 Å². The van der Waals surface area contributed by atoms with E-state index in [1.165, 1.54) is 24.3 Å². The predicted molar refractivity (Wildman–Crippen MR) is 146 cm³/mol. The van der Waals surface area contributed by atoms with Gasteiger partial charge in [0.15, 0.2) is 21.4 Å². The lowest BCUT2D eigenvalue weighted by atomic mass is 9.75. The van der Waals surface area contributed by atoms with Crippen LogP contribution in [0.25, 0.3) is 0 Å². The van der Waals surface area contributed by atoms with Gasteiger partial charge in [0.1, 0.15) is 26.9 Å². The molecule has 0 N–H and O–H groups in total. The molecule has 0 saturated carbocycles. The van der Waals surface area contributed by atoms with Crippen LogP contribution in [0.1, 0.15) is 31.7 Å². The number of halogens is 6. The summed E-state index contributed by atoms with van der Waals surface area (Å²) in [7, 11) is -8.40. The third-order valence-corrected chi connectivity index (χ3v) is 12.3. The molecule has 4 rings (SSSR count). The summed E-state index contributed by atoms with van der Waals surface area (Å²) >= 11 is 5.94. The maximum atomic E-state index is 15.5. The van der Waals surface area contributed by atoms with E-state index in [1.807, 2.05) is 0 Å². The van der Waals surface area contributed by atoms with Gasteiger partial charge < -0.3 is 14.4 Å². The predicted octanol–water partition coefficient (Wildman–Crippen LogP) is 4.69. The Kier molecular flexibility index (Phi) is 9.70. The van der Waals surface area contributed by atoms with E-state index >= 15 is 4.39 Å². The standard InChI is InChI=1S/C27H29ClF5NO7S2/c1-17(35)34(16-27(31,32)33)11-2-13-42(36,37)14-9-23-20-15-41-25-22(30)8-7-21(29)24(25)26(20,10-12-40-23)43(38,39)19-5-3-18(28)4-6-19/h3-8,20,23H,2,9-16H2,1H3/t20-,23-,26-/m0/s1. The third kappa shape index (κ3) is 6.94. The second kappa shape index (κ2) is 12.5. The van der Waals surface area contributed by atoms with Crippen molar-refractivity contribution in [3.63, 3.8) is 0 Å². The zero-order valence-corrected chi connectivity index (χ0v) is 25.3. The Hall–Kier alpha value is -2.49. The lowest BCUT2D eigenvalue weighted by Gasteiger charge is -2.50. The van der Waals surface area contributed by atoms with Crippen molar-refractivity contribution < 1.29 is 53.1 Å². The summed E-state index contributed by atoms with van der Waals surface area (Å²) < 4.78 is 132. The van der Waals surface area contributed by atoms with E-state index < -0.39 is 103 Å². The molecule has 2 heterocycles. The SMILES string of the molecule is CC(=O)N(CCCS(=O)(=O)CC[C@@H]1OCC[C@@]2(S(=O)(=O)c3ccc(Cl)cc3)c3c(F)ccc(F)c3OC[C@@H]12)CC(F)(F)F. The van der Waals surface area contributed by atoms with Gasteiger partial charge in [0, 0.05) is 31.0 Å². The maximum absolute atomic E-state index is 15.5. The van der Waals surface area contributed by atoms with Gasteiger partial charge >= 0.3 is 6.18 Å². The summed E-state index contributed by atoms with van der Waals surface area (Å²) in [5.74, 6) is -5.61. The number of carbonyl (C=O) groups is 1. The number of fused-ring (bicyclic) bond motifs is 3. The minimum absolute atomic E-state index is 0.208. The van der Waals surface area contributed by atoms with Gasteiger partial charge in [-0.15, -0.1) is 0 Å². The van der Waals surface area contributed by atoms with Crippen molar-refractivity contribution in [2.45, 2.75) is 48.1 Å². The Morgan fingerprint density at radius 1 is 1.05 bits per heavy atom. The summed E-state index contributed by atoms with van der Waals surface area (Å²) in [5, 5.41) is 0.248. The van der Waals surface area contributed by atoms with Gasteiger partial charge in [-0.3, -0.25) is 4.79 Å². The fourth-order valence-electron chi connectivity index (χ4n) is 5.77. The smallest absolute Gasteiger partial charge is 0.406 e. The first-order chi connectivity index (χ1) is 20.0. The minimum atomic E-state index is -4.65. The van der Waals surface area contributed by atoms with Crippen LogP contribution in [0.4, 0.5) is 22.0 Å². The Morgan fingerprint density at radius 2 is 1.70 bits per heavy atom. The monoisotopic (exact) mass is 673 g/mol. The molecular weight excluding hydrogens is 645 g/mol. The van der Waals surface area contributed by atoms with Crippen LogP contribution in [0.5, 0.6) is 5.75 Å². The molecule has 0 bridgehead atoms. The zero-order chi connectivity index (χ0) is 31.8. The van der Waals surface area contributed by atoms with Gasteiger partial charge in [-0.2, -0.15) is 13.2 Å². The number of hydrogen-bond acceptors (Lipinski definition) is 7. The van der Waals surface area contributed by atoms with Gasteiger partial charge in [0.05, 0.1) is 34.7 Å². The molecule has 0 aromatic heterocycles. The molecule has 2 aromatic rings. The van der Waals surface area contributed by atoms with E-state index in [-0.39, 0.29) is 35.8 Å². The molecule has 3 atom stereocenters. The highest BCUT2D eigenvalue weighted by Gasteiger charge is 2.61. The number of carbonyl (C=O) groups excluding carboxylic acids is 1. The number of nitrogens with zero attached hydrogens (tertiary/aromatic N) is 1. The normalized spacial score (nSPS) is 22.3. The Labute approximate surface area is 250 Å². The topological polar surface area (TPSA) is 107 Å². The number of alkyl halides is 3. The van der Waals surface area contributed by atoms with Crippen molar-refractivity contribution in [1.82, 2.24) is 4.90 Å². The average Bonchev–Trinajstić information content (AvgIpc) is 2.92. The second-order valence-corrected chi connectivity index (χ2v) is 15.5. The highest BCUT2D eigenvalue weighted by Crippen LogP contribution is 2.56. The summed E-state index contributed by atoms with van der Waals surface area (Å²) in [6.07, 6.45) is -6.52. The molecule has 16 heteroatoms. The van der Waals surface area contributed by atoms with E-state index in [0.717, 1.165) is 19.1 Å². The van der Waals surface area contributed by atoms with Gasteiger partial charge in [-0.25, -0.2) is 25.6 Å². The summed E-state index contributed by atoms with van der Waals surface area (Å²) in [6.45, 7) is -1.65. The molecule has 1 saturated heterocycles. The van der Waals surface area contributed by atoms with Crippen molar-refractivity contribution in [1.29, 1.82) is 0 Å². The van der Waals surface area contributed by atoms with Crippen molar-refractivity contribution in [3.05, 3.63) is 58.6 Å². The maximum Gasteiger partial charge on any atom is 0.406 e. The lowest BCUT2D eigenvalue weighted by molar-refractivity contribution is -0.159. The largest absolute Gasteiger partial charge is 0.490 e. The van der Waals surface area contributed by atoms with Crippen LogP contribution >= 0.6 is 11.6 Å². The molecule has 43 heavy (non-hydrogen) atoms. The first kappa shape index (κ1) is 33.4. The molecule has 8 nitrogen and oxygen atoms in total. The average molecular weight is 674 g/mol. The number of rotatable bonds is 10. The van der Waals surface area contributed by atoms with Crippen LogP contribution < -0.4 is 4.74 Å². The van der Waals surface area contributed by atoms with Crippen LogP contribution in [0, 0.1) is 17.6 Å². The summed E-state index contributed by atoms with van der Waals surface area (Å²) in [6, 6.07) is 6.79. The number of ether oxygens (including phenoxy) is 2. The quantitative estimate of drug-likeness (QED) is 0.337. The number of benzene rings is 2. The van der Waals surface area contributed by atoms with Gasteiger partial charge in [0.2, 0.25) is 5.91 Å². The third-order valence-electron chi connectivity index (χ3n) is 7.76. The van der Waals surface area contributed by atoms with E-state index in [9.17, 15) is 39.2 Å². The number of sulfone groups is 2. The van der Waals surface area contributed by atoms with Gasteiger partial charge in [0.25, 0.3) is 0 Å². The van der Waals surface area contributed by atoms with Crippen LogP contribution in [-0.2, 0) is 34.0 Å². The van der Waals surface area contributed by atoms with E-state index in [2.05, 4.69) is 0 Å². The molecule has 0 spiro atoms. The number of amides is 1. The molecule has 0 radical (unpaired) electrons. The molecule has 0 aliphatic carbocycles. The highest BCUT2D eigenvalue weighted by molar-refractivity contribution is 7.92. The lowest BCUT2D eigenvalue weighted by Crippen LogP contribution is -2.57. The molecule has 1 fully saturated rings. The van der Waals surface area contributed by atoms with Crippen molar-refractivity contribution >= 4 is 37.2 Å². The Bertz CT molecular complexity index is 1570. The first-order valence-electron chi connectivity index (χ1n) is 13.2. The molecule has 2 aliphatic heterocycles. The van der Waals surface area contributed by atoms with E-state index in [0.29, 0.717) is 4.90 Å². The number of hydrogen-bond donors (Lipinski definition) is 0.